The van der Waals surface area contributed by atoms with Gasteiger partial charge in [-0.2, -0.15) is 5.26 Å². The van der Waals surface area contributed by atoms with Crippen molar-refractivity contribution in [2.24, 2.45) is 0 Å². The topological polar surface area (TPSA) is 150 Å². The van der Waals surface area contributed by atoms with E-state index >= 15 is 0 Å². The van der Waals surface area contributed by atoms with E-state index in [1.165, 1.54) is 50.3 Å². The van der Waals surface area contributed by atoms with E-state index in [4.69, 9.17) is 9.47 Å². The quantitative estimate of drug-likeness (QED) is 0.0877. The molecule has 11 nitrogen and oxygen atoms in total. The lowest BCUT2D eigenvalue weighted by atomic mass is 10.0. The molecule has 1 aliphatic heterocycles. The van der Waals surface area contributed by atoms with Gasteiger partial charge in [-0.3, -0.25) is 19.2 Å². The van der Waals surface area contributed by atoms with Gasteiger partial charge in [0.15, 0.2) is 0 Å². The second-order valence-corrected chi connectivity index (χ2v) is 14.7. The molecule has 0 spiro atoms. The van der Waals surface area contributed by atoms with Crippen LogP contribution in [-0.2, 0) is 27.3 Å². The molecule has 4 amide bonds. The van der Waals surface area contributed by atoms with Gasteiger partial charge in [-0.05, 0) is 66.1 Å². The van der Waals surface area contributed by atoms with E-state index in [0.29, 0.717) is 63.3 Å². The van der Waals surface area contributed by atoms with Crippen molar-refractivity contribution in [1.82, 2.24) is 10.2 Å². The molecule has 3 N–H and O–H groups in total. The third-order valence-corrected chi connectivity index (χ3v) is 11.2. The van der Waals surface area contributed by atoms with Crippen molar-refractivity contribution < 1.29 is 28.7 Å². The van der Waals surface area contributed by atoms with E-state index in [1.807, 2.05) is 36.4 Å². The Morgan fingerprint density at radius 3 is 2.35 bits per heavy atom. The summed E-state index contributed by atoms with van der Waals surface area (Å²) in [5.74, 6) is -0.431. The van der Waals surface area contributed by atoms with Crippen LogP contribution in [0.4, 0.5) is 10.7 Å². The fraction of sp³-hybridized carbons (Fsp3) is 0.167. The maximum atomic E-state index is 14.1. The summed E-state index contributed by atoms with van der Waals surface area (Å²) in [5, 5.41) is 18.4. The highest BCUT2D eigenvalue weighted by Crippen LogP contribution is 2.41. The molecule has 1 aromatic heterocycles. The Hall–Kier alpha value is -6.36. The highest BCUT2D eigenvalue weighted by Gasteiger charge is 2.29. The van der Waals surface area contributed by atoms with E-state index < -0.39 is 17.1 Å². The van der Waals surface area contributed by atoms with Crippen molar-refractivity contribution in [3.8, 4) is 17.6 Å². The molecule has 55 heavy (non-hydrogen) atoms. The minimum atomic E-state index is -0.727. The number of nitriles is 1. The molecule has 1 unspecified atom stereocenters. The molecule has 0 fully saturated rings. The fourth-order valence-corrected chi connectivity index (χ4v) is 8.27. The van der Waals surface area contributed by atoms with E-state index in [1.54, 1.807) is 71.6 Å². The van der Waals surface area contributed by atoms with Gasteiger partial charge in [-0.1, -0.05) is 54.6 Å². The maximum absolute atomic E-state index is 14.1. The molecule has 4 aromatic carbocycles. The molecular formula is C42H37N5O6S2. The van der Waals surface area contributed by atoms with Gasteiger partial charge in [0, 0.05) is 46.1 Å². The molecule has 6 rings (SSSR count). The van der Waals surface area contributed by atoms with Crippen molar-refractivity contribution in [2.75, 3.05) is 31.4 Å². The maximum Gasteiger partial charge on any atom is 0.272 e. The summed E-state index contributed by atoms with van der Waals surface area (Å²) in [6, 6.07) is 32.3. The molecule has 5 aromatic rings. The van der Waals surface area contributed by atoms with Crippen LogP contribution in [0.25, 0.3) is 6.08 Å². The van der Waals surface area contributed by atoms with Gasteiger partial charge in [0.05, 0.1) is 26.3 Å². The molecule has 0 saturated carbocycles. The van der Waals surface area contributed by atoms with Crippen molar-refractivity contribution in [3.05, 3.63) is 142 Å². The van der Waals surface area contributed by atoms with Gasteiger partial charge in [0.2, 0.25) is 11.8 Å². The van der Waals surface area contributed by atoms with Gasteiger partial charge in [0.25, 0.3) is 11.8 Å². The Balaban J connectivity index is 1.25. The molecule has 0 bridgehead atoms. The summed E-state index contributed by atoms with van der Waals surface area (Å²) in [7, 11) is 3.04. The highest BCUT2D eigenvalue weighted by molar-refractivity contribution is 8.00. The Morgan fingerprint density at radius 1 is 0.909 bits per heavy atom. The first-order chi connectivity index (χ1) is 26.7. The summed E-state index contributed by atoms with van der Waals surface area (Å²) in [6.45, 7) is 2.44. The largest absolute Gasteiger partial charge is 0.497 e. The Labute approximate surface area is 327 Å². The molecule has 278 valence electrons. The molecule has 0 aliphatic carbocycles. The standard InChI is InChI=1S/C42H37N5O6S2/c1-26(48)47-20-19-33-34(24-43)42(55-37(33)25-47)46-41(51)38(27-11-6-4-7-12-27)54-32-16-10-15-30(22-32)44-40(50)35(45-39(49)28-13-8-5-9-14-28)21-29-17-18-31(52-2)23-36(29)53-3/h4-18,21-23,38H,19-20,25H2,1-3H3,(H,44,50)(H,45,49)(H,46,51)/b35-21+. The number of carbonyl (C=O) groups excluding carboxylic acids is 4. The molecule has 0 radical (unpaired) electrons. The lowest BCUT2D eigenvalue weighted by Crippen LogP contribution is -2.33. The first-order valence-electron chi connectivity index (χ1n) is 17.2. The molecule has 13 heteroatoms. The summed E-state index contributed by atoms with van der Waals surface area (Å²) in [6.07, 6.45) is 2.07. The van der Waals surface area contributed by atoms with E-state index in [0.717, 1.165) is 16.0 Å². The number of nitrogens with one attached hydrogen (secondary N) is 3. The van der Waals surface area contributed by atoms with Crippen molar-refractivity contribution in [2.45, 2.75) is 30.0 Å². The molecule has 2 heterocycles. The zero-order valence-electron chi connectivity index (χ0n) is 30.3. The van der Waals surface area contributed by atoms with Crippen LogP contribution in [0, 0.1) is 11.3 Å². The van der Waals surface area contributed by atoms with Gasteiger partial charge < -0.3 is 30.3 Å². The van der Waals surface area contributed by atoms with E-state index in [-0.39, 0.29) is 17.5 Å². The Bertz CT molecular complexity index is 2300. The summed E-state index contributed by atoms with van der Waals surface area (Å²) < 4.78 is 10.8. The lowest BCUT2D eigenvalue weighted by molar-refractivity contribution is -0.129. The monoisotopic (exact) mass is 771 g/mol. The van der Waals surface area contributed by atoms with E-state index in [9.17, 15) is 24.4 Å². The molecule has 1 aliphatic rings. The SMILES string of the molecule is COc1ccc(/C=C(/NC(=O)c2ccccc2)C(=O)Nc2cccc(SC(C(=O)Nc3sc4c(c3C#N)CCN(C(C)=O)C4)c3ccccc3)c2)c(OC)c1. The number of hydrogen-bond donors (Lipinski definition) is 3. The predicted octanol–water partition coefficient (Wildman–Crippen LogP) is 7.42. The number of rotatable bonds is 12. The number of ether oxygens (including phenoxy) is 2. The fourth-order valence-electron chi connectivity index (χ4n) is 5.97. The van der Waals surface area contributed by atoms with Crippen molar-refractivity contribution in [3.63, 3.8) is 0 Å². The predicted molar refractivity (Wildman–Crippen MR) is 214 cm³/mol. The number of thioether (sulfide) groups is 1. The van der Waals surface area contributed by atoms with Crippen molar-refractivity contribution >= 4 is 63.5 Å². The Morgan fingerprint density at radius 2 is 1.65 bits per heavy atom. The first kappa shape index (κ1) is 38.4. The zero-order valence-corrected chi connectivity index (χ0v) is 31.9. The third kappa shape index (κ3) is 9.24. The number of methoxy groups -OCH3 is 2. The molecular weight excluding hydrogens is 735 g/mol. The third-order valence-electron chi connectivity index (χ3n) is 8.81. The second-order valence-electron chi connectivity index (χ2n) is 12.4. The summed E-state index contributed by atoms with van der Waals surface area (Å²) >= 11 is 2.60. The minimum Gasteiger partial charge on any atom is -0.497 e. The highest BCUT2D eigenvalue weighted by atomic mass is 32.2. The van der Waals surface area contributed by atoms with Crippen LogP contribution in [0.2, 0.25) is 0 Å². The molecule has 1 atom stereocenters. The summed E-state index contributed by atoms with van der Waals surface area (Å²) in [4.78, 5) is 56.6. The number of nitrogens with zero attached hydrogens (tertiary/aromatic N) is 2. The minimum absolute atomic E-state index is 0.0321. The number of hydrogen-bond acceptors (Lipinski definition) is 9. The first-order valence-corrected chi connectivity index (χ1v) is 18.9. The van der Waals surface area contributed by atoms with Crippen LogP contribution in [0.5, 0.6) is 11.5 Å². The van der Waals surface area contributed by atoms with E-state index in [2.05, 4.69) is 22.0 Å². The summed E-state index contributed by atoms with van der Waals surface area (Å²) in [5.41, 5.74) is 3.33. The number of anilines is 2. The zero-order chi connectivity index (χ0) is 38.9. The number of fused-ring (bicyclic) bond motifs is 1. The number of carbonyl (C=O) groups is 4. The number of thiophene rings is 1. The van der Waals surface area contributed by atoms with Crippen LogP contribution >= 0.6 is 23.1 Å². The molecule has 0 saturated heterocycles. The van der Waals surface area contributed by atoms with Crippen LogP contribution < -0.4 is 25.4 Å². The van der Waals surface area contributed by atoms with Crippen LogP contribution in [0.1, 0.15) is 49.7 Å². The van der Waals surface area contributed by atoms with Gasteiger partial charge in [-0.15, -0.1) is 23.1 Å². The number of benzene rings is 4. The smallest absolute Gasteiger partial charge is 0.272 e. The lowest BCUT2D eigenvalue weighted by Gasteiger charge is -2.25. The van der Waals surface area contributed by atoms with Gasteiger partial charge >= 0.3 is 0 Å². The second kappa shape index (κ2) is 17.6. The Kier molecular flexibility index (Phi) is 12.3. The average Bonchev–Trinajstić information content (AvgIpc) is 3.56. The average molecular weight is 772 g/mol. The van der Waals surface area contributed by atoms with Crippen LogP contribution in [0.15, 0.2) is 114 Å². The van der Waals surface area contributed by atoms with Crippen LogP contribution in [-0.4, -0.2) is 49.3 Å². The number of amides is 4. The van der Waals surface area contributed by atoms with Crippen LogP contribution in [0.3, 0.4) is 0 Å². The van der Waals surface area contributed by atoms with Crippen molar-refractivity contribution in [1.29, 1.82) is 5.26 Å². The van der Waals surface area contributed by atoms with Gasteiger partial charge in [0.1, 0.15) is 33.5 Å². The normalized spacial score (nSPS) is 12.8. The van der Waals surface area contributed by atoms with Gasteiger partial charge in [-0.25, -0.2) is 0 Å².